The number of carbonyl (C=O) groups is 2. The lowest BCUT2D eigenvalue weighted by atomic mass is 10.1. The lowest BCUT2D eigenvalue weighted by Gasteiger charge is -2.16. The minimum Gasteiger partial charge on any atom is -0.371 e. The third-order valence-electron chi connectivity index (χ3n) is 1.20. The Morgan fingerprint density at radius 2 is 2.11 bits per heavy atom. The third-order valence-corrected chi connectivity index (χ3v) is 1.20. The molecule has 0 aliphatic carbocycles. The summed E-state index contributed by atoms with van der Waals surface area (Å²) in [6.45, 7) is 1.56. The Hall–Kier alpha value is -0.700. The average Bonchev–Trinajstić information content (AvgIpc) is 1.89. The van der Waals surface area contributed by atoms with Gasteiger partial charge in [0.25, 0.3) is 0 Å². The van der Waals surface area contributed by atoms with Gasteiger partial charge in [-0.25, -0.2) is 0 Å². The van der Waals surface area contributed by atoms with Gasteiger partial charge in [-0.3, -0.25) is 0 Å². The van der Waals surface area contributed by atoms with E-state index in [-0.39, 0.29) is 6.42 Å². The molecule has 3 nitrogen and oxygen atoms in total. The average molecular weight is 130 g/mol. The number of hydrogen-bond acceptors (Lipinski definition) is 3. The second kappa shape index (κ2) is 3.35. The fourth-order valence-corrected chi connectivity index (χ4v) is 0.345. The Balaban J connectivity index is 3.90. The van der Waals surface area contributed by atoms with Gasteiger partial charge in [-0.1, -0.05) is 0 Å². The first-order valence-electron chi connectivity index (χ1n) is 2.63. The number of ether oxygens (including phenoxy) is 1. The molecule has 0 N–H and O–H groups in total. The summed E-state index contributed by atoms with van der Waals surface area (Å²) >= 11 is 0. The van der Waals surface area contributed by atoms with E-state index in [0.717, 1.165) is 0 Å². The van der Waals surface area contributed by atoms with Crippen molar-refractivity contribution in [1.29, 1.82) is 0 Å². The summed E-state index contributed by atoms with van der Waals surface area (Å²) < 4.78 is 4.73. The molecule has 0 rings (SSSR count). The van der Waals surface area contributed by atoms with E-state index in [9.17, 15) is 9.59 Å². The highest BCUT2D eigenvalue weighted by Gasteiger charge is 2.21. The summed E-state index contributed by atoms with van der Waals surface area (Å²) in [6.07, 6.45) is 1.41. The molecule has 1 atom stereocenters. The molecule has 0 radical (unpaired) electrons. The third kappa shape index (κ3) is 2.37. The van der Waals surface area contributed by atoms with Gasteiger partial charge < -0.3 is 14.3 Å². The molecule has 0 aromatic carbocycles. The van der Waals surface area contributed by atoms with Crippen molar-refractivity contribution in [3.8, 4) is 0 Å². The van der Waals surface area contributed by atoms with Crippen molar-refractivity contribution in [2.24, 2.45) is 0 Å². The predicted molar refractivity (Wildman–Crippen MR) is 32.2 cm³/mol. The minimum atomic E-state index is -0.915. The van der Waals surface area contributed by atoms with Crippen LogP contribution in [-0.2, 0) is 14.3 Å². The van der Waals surface area contributed by atoms with Crippen LogP contribution in [-0.4, -0.2) is 25.3 Å². The van der Waals surface area contributed by atoms with Crippen molar-refractivity contribution in [2.75, 3.05) is 7.11 Å². The van der Waals surface area contributed by atoms with Crippen molar-refractivity contribution in [3.05, 3.63) is 0 Å². The van der Waals surface area contributed by atoms with Crippen LogP contribution in [0.25, 0.3) is 0 Å². The van der Waals surface area contributed by atoms with E-state index in [0.29, 0.717) is 12.6 Å². The summed E-state index contributed by atoms with van der Waals surface area (Å²) in [6, 6.07) is 0. The number of methoxy groups -OCH3 is 1. The summed E-state index contributed by atoms with van der Waals surface area (Å²) in [5.41, 5.74) is -0.915. The standard InChI is InChI=1S/C6H10O3/c1-6(5-8,9-2)3-4-7/h4-5H,3H2,1-2H3. The molecule has 0 aliphatic rings. The molecule has 0 aromatic heterocycles. The van der Waals surface area contributed by atoms with Gasteiger partial charge in [-0.05, 0) is 6.92 Å². The zero-order valence-corrected chi connectivity index (χ0v) is 5.59. The molecule has 0 heterocycles. The fraction of sp³-hybridized carbons (Fsp3) is 0.667. The van der Waals surface area contributed by atoms with E-state index in [4.69, 9.17) is 4.74 Å². The smallest absolute Gasteiger partial charge is 0.151 e. The Bertz CT molecular complexity index is 111. The zero-order valence-electron chi connectivity index (χ0n) is 5.59. The monoisotopic (exact) mass is 130 g/mol. The summed E-state index contributed by atoms with van der Waals surface area (Å²) in [5, 5.41) is 0. The van der Waals surface area contributed by atoms with E-state index in [2.05, 4.69) is 0 Å². The number of hydrogen-bond donors (Lipinski definition) is 0. The zero-order chi connectivity index (χ0) is 7.33. The molecule has 0 saturated carbocycles. The maximum absolute atomic E-state index is 10.2. The second-order valence-corrected chi connectivity index (χ2v) is 2.01. The Morgan fingerprint density at radius 1 is 1.56 bits per heavy atom. The highest BCUT2D eigenvalue weighted by Crippen LogP contribution is 2.07. The van der Waals surface area contributed by atoms with Crippen LogP contribution in [0, 0.1) is 0 Å². The number of carbonyl (C=O) groups excluding carboxylic acids is 2. The van der Waals surface area contributed by atoms with Crippen LogP contribution >= 0.6 is 0 Å². The normalized spacial score (nSPS) is 16.2. The number of rotatable bonds is 4. The van der Waals surface area contributed by atoms with Gasteiger partial charge in [0.15, 0.2) is 6.29 Å². The largest absolute Gasteiger partial charge is 0.371 e. The molecule has 1 unspecified atom stereocenters. The number of aldehydes is 2. The van der Waals surface area contributed by atoms with Crippen LogP contribution < -0.4 is 0 Å². The lowest BCUT2D eigenvalue weighted by Crippen LogP contribution is -2.29. The molecule has 0 aliphatic heterocycles. The van der Waals surface area contributed by atoms with Gasteiger partial charge in [0.1, 0.15) is 11.9 Å². The van der Waals surface area contributed by atoms with Crippen LogP contribution in [0.15, 0.2) is 0 Å². The highest BCUT2D eigenvalue weighted by molar-refractivity contribution is 5.68. The summed E-state index contributed by atoms with van der Waals surface area (Å²) in [4.78, 5) is 20.1. The Labute approximate surface area is 54.0 Å². The molecular weight excluding hydrogens is 120 g/mol. The van der Waals surface area contributed by atoms with Crippen molar-refractivity contribution < 1.29 is 14.3 Å². The van der Waals surface area contributed by atoms with Gasteiger partial charge in [0.05, 0.1) is 0 Å². The predicted octanol–water partition coefficient (Wildman–Crippen LogP) is 0.179. The quantitative estimate of drug-likeness (QED) is 0.510. The summed E-state index contributed by atoms with van der Waals surface area (Å²) in [5.74, 6) is 0. The van der Waals surface area contributed by atoms with Crippen LogP contribution in [0.2, 0.25) is 0 Å². The molecular formula is C6H10O3. The van der Waals surface area contributed by atoms with E-state index in [1.807, 2.05) is 0 Å². The van der Waals surface area contributed by atoms with Crippen LogP contribution in [0.5, 0.6) is 0 Å². The van der Waals surface area contributed by atoms with Crippen molar-refractivity contribution in [2.45, 2.75) is 18.9 Å². The molecule has 0 amide bonds. The summed E-state index contributed by atoms with van der Waals surface area (Å²) in [7, 11) is 1.40. The van der Waals surface area contributed by atoms with Gasteiger partial charge >= 0.3 is 0 Å². The maximum Gasteiger partial charge on any atom is 0.151 e. The molecule has 0 aromatic rings. The van der Waals surface area contributed by atoms with E-state index < -0.39 is 5.60 Å². The topological polar surface area (TPSA) is 43.4 Å². The van der Waals surface area contributed by atoms with Crippen LogP contribution in [0.1, 0.15) is 13.3 Å². The van der Waals surface area contributed by atoms with Crippen molar-refractivity contribution in [1.82, 2.24) is 0 Å². The first kappa shape index (κ1) is 8.30. The van der Waals surface area contributed by atoms with Gasteiger partial charge in [0.2, 0.25) is 0 Å². The molecule has 0 spiro atoms. The van der Waals surface area contributed by atoms with Gasteiger partial charge in [-0.15, -0.1) is 0 Å². The minimum absolute atomic E-state index is 0.118. The van der Waals surface area contributed by atoms with Crippen molar-refractivity contribution >= 4 is 12.6 Å². The lowest BCUT2D eigenvalue weighted by molar-refractivity contribution is -0.130. The highest BCUT2D eigenvalue weighted by atomic mass is 16.5. The van der Waals surface area contributed by atoms with E-state index in [1.54, 1.807) is 6.92 Å². The van der Waals surface area contributed by atoms with Crippen LogP contribution in [0.3, 0.4) is 0 Å². The Kier molecular flexibility index (Phi) is 3.09. The maximum atomic E-state index is 10.2. The molecule has 9 heavy (non-hydrogen) atoms. The SMILES string of the molecule is COC(C)(C=O)CC=O. The van der Waals surface area contributed by atoms with E-state index >= 15 is 0 Å². The van der Waals surface area contributed by atoms with E-state index in [1.165, 1.54) is 7.11 Å². The fourth-order valence-electron chi connectivity index (χ4n) is 0.345. The van der Waals surface area contributed by atoms with Crippen molar-refractivity contribution in [3.63, 3.8) is 0 Å². The van der Waals surface area contributed by atoms with Gasteiger partial charge in [-0.2, -0.15) is 0 Å². The molecule has 0 fully saturated rings. The Morgan fingerprint density at radius 3 is 2.22 bits per heavy atom. The molecule has 3 heteroatoms. The molecule has 0 saturated heterocycles. The molecule has 52 valence electrons. The van der Waals surface area contributed by atoms with Gasteiger partial charge in [0, 0.05) is 13.5 Å². The first-order valence-corrected chi connectivity index (χ1v) is 2.63. The van der Waals surface area contributed by atoms with Crippen LogP contribution in [0.4, 0.5) is 0 Å². The second-order valence-electron chi connectivity index (χ2n) is 2.01. The first-order chi connectivity index (χ1) is 4.18. The molecule has 0 bridgehead atoms.